The first-order valence-corrected chi connectivity index (χ1v) is 10.0. The average Bonchev–Trinajstić information content (AvgIpc) is 2.77. The van der Waals surface area contributed by atoms with Crippen LogP contribution in [0, 0.1) is 6.92 Å². The van der Waals surface area contributed by atoms with E-state index >= 15 is 0 Å². The molecule has 0 saturated heterocycles. The van der Waals surface area contributed by atoms with Crippen LogP contribution >= 0.6 is 0 Å². The van der Waals surface area contributed by atoms with Gasteiger partial charge in [0, 0.05) is 43.1 Å². The van der Waals surface area contributed by atoms with E-state index in [-0.39, 0.29) is 11.5 Å². The fraction of sp³-hybridized carbons (Fsp3) is 0.250. The number of carboxylic acids is 1. The summed E-state index contributed by atoms with van der Waals surface area (Å²) in [6, 6.07) is 16.2. The van der Waals surface area contributed by atoms with Crippen molar-refractivity contribution in [2.45, 2.75) is 19.3 Å². The predicted molar refractivity (Wildman–Crippen MR) is 118 cm³/mol. The first-order chi connectivity index (χ1) is 14.5. The van der Waals surface area contributed by atoms with E-state index in [1.807, 2.05) is 7.05 Å². The van der Waals surface area contributed by atoms with Crippen LogP contribution in [-0.2, 0) is 0 Å². The number of benzene rings is 2. The van der Waals surface area contributed by atoms with E-state index in [0.717, 1.165) is 29.1 Å². The van der Waals surface area contributed by atoms with Gasteiger partial charge in [-0.25, -0.2) is 4.79 Å². The van der Waals surface area contributed by atoms with Crippen molar-refractivity contribution in [1.29, 1.82) is 0 Å². The van der Waals surface area contributed by atoms with E-state index < -0.39 is 5.97 Å². The van der Waals surface area contributed by atoms with Gasteiger partial charge in [-0.2, -0.15) is 0 Å². The standard InChI is InChI=1S/C24H25N3O3/c1-16-3-5-18(6-4-16)27(2)19-7-8-20-17(10-12-30-23(20)13-19)14-26-22-15-25-11-9-21(22)24(28)29/h3-9,11,13,15,17,26H,10,12,14H2,1-2H3,(H,28,29)/t17-/m0/s1. The van der Waals surface area contributed by atoms with Crippen LogP contribution in [0.2, 0.25) is 0 Å². The van der Waals surface area contributed by atoms with Crippen LogP contribution in [0.4, 0.5) is 17.1 Å². The van der Waals surface area contributed by atoms with E-state index in [2.05, 4.69) is 64.6 Å². The van der Waals surface area contributed by atoms with Crippen molar-refractivity contribution in [3.05, 3.63) is 77.6 Å². The maximum atomic E-state index is 11.4. The van der Waals surface area contributed by atoms with Gasteiger partial charge in [-0.05, 0) is 43.2 Å². The van der Waals surface area contributed by atoms with Crippen molar-refractivity contribution in [2.24, 2.45) is 0 Å². The van der Waals surface area contributed by atoms with Gasteiger partial charge in [-0.3, -0.25) is 4.98 Å². The highest BCUT2D eigenvalue weighted by atomic mass is 16.5. The number of pyridine rings is 1. The van der Waals surface area contributed by atoms with Gasteiger partial charge in [0.1, 0.15) is 5.75 Å². The molecule has 2 heterocycles. The van der Waals surface area contributed by atoms with Crippen LogP contribution in [0.15, 0.2) is 60.9 Å². The molecule has 30 heavy (non-hydrogen) atoms. The van der Waals surface area contributed by atoms with E-state index in [1.54, 1.807) is 6.20 Å². The molecule has 0 unspecified atom stereocenters. The molecule has 1 aromatic heterocycles. The largest absolute Gasteiger partial charge is 0.493 e. The summed E-state index contributed by atoms with van der Waals surface area (Å²) >= 11 is 0. The zero-order valence-electron chi connectivity index (χ0n) is 17.1. The Balaban J connectivity index is 1.52. The van der Waals surface area contributed by atoms with Crippen LogP contribution < -0.4 is 15.0 Å². The van der Waals surface area contributed by atoms with Gasteiger partial charge in [0.25, 0.3) is 0 Å². The number of nitrogens with one attached hydrogen (secondary N) is 1. The Morgan fingerprint density at radius 2 is 1.97 bits per heavy atom. The second kappa shape index (κ2) is 8.45. The quantitative estimate of drug-likeness (QED) is 0.614. The molecule has 0 amide bonds. The van der Waals surface area contributed by atoms with Gasteiger partial charge < -0.3 is 20.1 Å². The molecule has 3 aromatic rings. The summed E-state index contributed by atoms with van der Waals surface area (Å²) < 4.78 is 5.95. The molecule has 2 aromatic carbocycles. The number of aromatic carboxylic acids is 1. The molecule has 154 valence electrons. The molecule has 0 fully saturated rings. The summed E-state index contributed by atoms with van der Waals surface area (Å²) in [4.78, 5) is 17.6. The number of ether oxygens (including phenoxy) is 1. The molecular weight excluding hydrogens is 378 g/mol. The van der Waals surface area contributed by atoms with Gasteiger partial charge in [0.05, 0.1) is 24.1 Å². The number of hydrogen-bond acceptors (Lipinski definition) is 5. The summed E-state index contributed by atoms with van der Waals surface area (Å²) in [5, 5.41) is 12.6. The molecular formula is C24H25N3O3. The number of fused-ring (bicyclic) bond motifs is 1. The maximum Gasteiger partial charge on any atom is 0.337 e. The van der Waals surface area contributed by atoms with Crippen molar-refractivity contribution >= 4 is 23.0 Å². The number of hydrogen-bond donors (Lipinski definition) is 2. The van der Waals surface area contributed by atoms with E-state index in [4.69, 9.17) is 4.74 Å². The Morgan fingerprint density at radius 3 is 2.73 bits per heavy atom. The molecule has 4 rings (SSSR count). The zero-order valence-corrected chi connectivity index (χ0v) is 17.1. The molecule has 0 radical (unpaired) electrons. The van der Waals surface area contributed by atoms with Crippen molar-refractivity contribution < 1.29 is 14.6 Å². The van der Waals surface area contributed by atoms with Crippen molar-refractivity contribution in [1.82, 2.24) is 4.98 Å². The lowest BCUT2D eigenvalue weighted by atomic mass is 9.92. The minimum Gasteiger partial charge on any atom is -0.493 e. The summed E-state index contributed by atoms with van der Waals surface area (Å²) in [5.41, 5.74) is 5.31. The molecule has 0 saturated carbocycles. The fourth-order valence-electron chi connectivity index (χ4n) is 3.75. The fourth-order valence-corrected chi connectivity index (χ4v) is 3.75. The molecule has 0 spiro atoms. The third-order valence-corrected chi connectivity index (χ3v) is 5.56. The van der Waals surface area contributed by atoms with Crippen LogP contribution in [0.3, 0.4) is 0 Å². The lowest BCUT2D eigenvalue weighted by Gasteiger charge is -2.28. The number of carboxylic acid groups (broad SMARTS) is 1. The van der Waals surface area contributed by atoms with Gasteiger partial charge in [0.15, 0.2) is 0 Å². The van der Waals surface area contributed by atoms with Crippen LogP contribution in [0.1, 0.15) is 33.8 Å². The summed E-state index contributed by atoms with van der Waals surface area (Å²) in [7, 11) is 2.05. The Kier molecular flexibility index (Phi) is 5.57. The lowest BCUT2D eigenvalue weighted by molar-refractivity contribution is 0.0697. The van der Waals surface area contributed by atoms with Crippen molar-refractivity contribution in [3.63, 3.8) is 0 Å². The second-order valence-corrected chi connectivity index (χ2v) is 7.56. The monoisotopic (exact) mass is 403 g/mol. The van der Waals surface area contributed by atoms with Gasteiger partial charge >= 0.3 is 5.97 Å². The molecule has 1 aliphatic heterocycles. The Hall–Kier alpha value is -3.54. The zero-order chi connectivity index (χ0) is 21.1. The highest BCUT2D eigenvalue weighted by molar-refractivity contribution is 5.93. The molecule has 0 bridgehead atoms. The number of carbonyl (C=O) groups is 1. The number of nitrogens with zero attached hydrogens (tertiary/aromatic N) is 2. The number of anilines is 3. The van der Waals surface area contributed by atoms with E-state index in [0.29, 0.717) is 18.8 Å². The van der Waals surface area contributed by atoms with Crippen LogP contribution in [0.25, 0.3) is 0 Å². The van der Waals surface area contributed by atoms with Gasteiger partial charge in [-0.15, -0.1) is 0 Å². The minimum atomic E-state index is -0.962. The SMILES string of the molecule is Cc1ccc(N(C)c2ccc3c(c2)OCC[C@H]3CNc2cnccc2C(=O)O)cc1. The van der Waals surface area contributed by atoms with Crippen LogP contribution in [0.5, 0.6) is 5.75 Å². The number of aromatic nitrogens is 1. The lowest BCUT2D eigenvalue weighted by Crippen LogP contribution is -2.22. The summed E-state index contributed by atoms with van der Waals surface area (Å²) in [6.45, 7) is 3.33. The third-order valence-electron chi connectivity index (χ3n) is 5.56. The first kappa shape index (κ1) is 19.8. The van der Waals surface area contributed by atoms with Crippen LogP contribution in [-0.4, -0.2) is 36.3 Å². The molecule has 1 atom stereocenters. The first-order valence-electron chi connectivity index (χ1n) is 10.0. The molecule has 6 nitrogen and oxygen atoms in total. The Labute approximate surface area is 176 Å². The highest BCUT2D eigenvalue weighted by Crippen LogP contribution is 2.38. The summed E-state index contributed by atoms with van der Waals surface area (Å²) in [5.74, 6) is 0.152. The Morgan fingerprint density at radius 1 is 1.20 bits per heavy atom. The number of rotatable bonds is 6. The third kappa shape index (κ3) is 4.08. The van der Waals surface area contributed by atoms with Crippen molar-refractivity contribution in [3.8, 4) is 5.75 Å². The van der Waals surface area contributed by atoms with E-state index in [9.17, 15) is 9.90 Å². The molecule has 6 heteroatoms. The van der Waals surface area contributed by atoms with Gasteiger partial charge in [-0.1, -0.05) is 23.8 Å². The summed E-state index contributed by atoms with van der Waals surface area (Å²) in [6.07, 6.45) is 3.92. The molecule has 1 aliphatic rings. The normalized spacial score (nSPS) is 15.1. The van der Waals surface area contributed by atoms with Crippen molar-refractivity contribution in [2.75, 3.05) is 30.4 Å². The minimum absolute atomic E-state index is 0.229. The number of aryl methyl sites for hydroxylation is 1. The maximum absolute atomic E-state index is 11.4. The smallest absolute Gasteiger partial charge is 0.337 e. The highest BCUT2D eigenvalue weighted by Gasteiger charge is 2.23. The van der Waals surface area contributed by atoms with Gasteiger partial charge in [0.2, 0.25) is 0 Å². The predicted octanol–water partition coefficient (Wildman–Crippen LogP) is 4.83. The Bertz CT molecular complexity index is 1050. The second-order valence-electron chi connectivity index (χ2n) is 7.56. The van der Waals surface area contributed by atoms with E-state index in [1.165, 1.54) is 17.8 Å². The molecule has 2 N–H and O–H groups in total. The topological polar surface area (TPSA) is 74.7 Å². The molecule has 0 aliphatic carbocycles. The average molecular weight is 403 g/mol.